The van der Waals surface area contributed by atoms with E-state index in [1.54, 1.807) is 0 Å². The van der Waals surface area contributed by atoms with Crippen molar-refractivity contribution in [3.63, 3.8) is 0 Å². The molecule has 10 heavy (non-hydrogen) atoms. The van der Waals surface area contributed by atoms with Gasteiger partial charge in [0, 0.05) is 0 Å². The van der Waals surface area contributed by atoms with Crippen molar-refractivity contribution < 1.29 is 19.4 Å². The smallest absolute Gasteiger partial charge is 0.438 e. The predicted octanol–water partition coefficient (Wildman–Crippen LogP) is -0.235. The molecule has 0 radical (unpaired) electrons. The van der Waals surface area contributed by atoms with E-state index in [4.69, 9.17) is 5.11 Å². The molecule has 0 heterocycles. The van der Waals surface area contributed by atoms with Crippen molar-refractivity contribution in [2.75, 3.05) is 20.3 Å². The van der Waals surface area contributed by atoms with Gasteiger partial charge in [-0.1, -0.05) is 11.8 Å². The molecule has 0 saturated carbocycles. The number of hydrogen-bond acceptors (Lipinski definition) is 4. The largest absolute Gasteiger partial charge is 0.508 e. The van der Waals surface area contributed by atoms with Gasteiger partial charge in [-0.05, 0) is 0 Å². The van der Waals surface area contributed by atoms with Crippen LogP contribution in [0.1, 0.15) is 0 Å². The number of carbonyl (C=O) groups excluding carboxylic acids is 1. The van der Waals surface area contributed by atoms with Gasteiger partial charge in [0.25, 0.3) is 0 Å². The number of methoxy groups -OCH3 is 1. The van der Waals surface area contributed by atoms with E-state index in [9.17, 15) is 4.79 Å². The van der Waals surface area contributed by atoms with Crippen LogP contribution in [0, 0.1) is 11.8 Å². The van der Waals surface area contributed by atoms with Gasteiger partial charge in [-0.2, -0.15) is 0 Å². The highest BCUT2D eigenvalue weighted by molar-refractivity contribution is 5.59. The van der Waals surface area contributed by atoms with Gasteiger partial charge in [0.05, 0.1) is 7.11 Å². The zero-order valence-corrected chi connectivity index (χ0v) is 5.59. The Hall–Kier alpha value is -1.21. The molecule has 0 atom stereocenters. The van der Waals surface area contributed by atoms with E-state index in [0.29, 0.717) is 0 Å². The highest BCUT2D eigenvalue weighted by Gasteiger charge is 1.94. The highest BCUT2D eigenvalue weighted by Crippen LogP contribution is 1.78. The summed E-state index contributed by atoms with van der Waals surface area (Å²) in [6.07, 6.45) is -0.771. The average Bonchev–Trinajstić information content (AvgIpc) is 1.98. The number of aliphatic hydroxyl groups excluding tert-OH is 1. The van der Waals surface area contributed by atoms with Gasteiger partial charge in [0.1, 0.15) is 6.61 Å². The van der Waals surface area contributed by atoms with E-state index in [1.807, 2.05) is 0 Å². The van der Waals surface area contributed by atoms with Crippen LogP contribution in [0.25, 0.3) is 0 Å². The van der Waals surface area contributed by atoms with Crippen molar-refractivity contribution in [3.05, 3.63) is 0 Å². The summed E-state index contributed by atoms with van der Waals surface area (Å²) in [5.74, 6) is 4.68. The van der Waals surface area contributed by atoms with Crippen molar-refractivity contribution in [2.45, 2.75) is 0 Å². The van der Waals surface area contributed by atoms with Crippen LogP contribution in [0.3, 0.4) is 0 Å². The third-order valence-electron chi connectivity index (χ3n) is 0.633. The minimum atomic E-state index is -0.771. The highest BCUT2D eigenvalue weighted by atomic mass is 16.7. The summed E-state index contributed by atoms with van der Waals surface area (Å²) in [6, 6.07) is 0. The summed E-state index contributed by atoms with van der Waals surface area (Å²) in [4.78, 5) is 10.2. The monoisotopic (exact) mass is 144 g/mol. The molecule has 0 aliphatic rings. The van der Waals surface area contributed by atoms with Crippen LogP contribution in [-0.4, -0.2) is 31.6 Å². The normalized spacial score (nSPS) is 7.40. The topological polar surface area (TPSA) is 55.8 Å². The summed E-state index contributed by atoms with van der Waals surface area (Å²) < 4.78 is 8.49. The number of ether oxygens (including phenoxy) is 2. The summed E-state index contributed by atoms with van der Waals surface area (Å²) in [6.45, 7) is -0.280. The number of hydrogen-bond donors (Lipinski definition) is 1. The van der Waals surface area contributed by atoms with Gasteiger partial charge in [-0.15, -0.1) is 0 Å². The van der Waals surface area contributed by atoms with Gasteiger partial charge in [0.2, 0.25) is 0 Å². The molecular formula is C6H8O4. The molecular weight excluding hydrogens is 136 g/mol. The van der Waals surface area contributed by atoms with Crippen molar-refractivity contribution in [1.29, 1.82) is 0 Å². The summed E-state index contributed by atoms with van der Waals surface area (Å²) >= 11 is 0. The maximum absolute atomic E-state index is 10.2. The Kier molecular flexibility index (Phi) is 5.20. The standard InChI is InChI=1S/C6H8O4/c1-9-6(8)10-5-3-2-4-7/h7H,4-5H2,1H3. The van der Waals surface area contributed by atoms with E-state index < -0.39 is 6.16 Å². The van der Waals surface area contributed by atoms with Crippen molar-refractivity contribution >= 4 is 6.16 Å². The average molecular weight is 144 g/mol. The van der Waals surface area contributed by atoms with Crippen molar-refractivity contribution in [3.8, 4) is 11.8 Å². The first-order valence-corrected chi connectivity index (χ1v) is 2.58. The van der Waals surface area contributed by atoms with Crippen LogP contribution in [0.4, 0.5) is 4.79 Å². The molecule has 56 valence electrons. The Morgan fingerprint density at radius 2 is 2.30 bits per heavy atom. The van der Waals surface area contributed by atoms with Crippen molar-refractivity contribution in [2.24, 2.45) is 0 Å². The first-order valence-electron chi connectivity index (χ1n) is 2.58. The fraction of sp³-hybridized carbons (Fsp3) is 0.500. The first-order chi connectivity index (χ1) is 4.81. The molecule has 0 amide bonds. The van der Waals surface area contributed by atoms with Crippen molar-refractivity contribution in [1.82, 2.24) is 0 Å². The fourth-order valence-corrected chi connectivity index (χ4v) is 0.261. The van der Waals surface area contributed by atoms with Crippen LogP contribution in [-0.2, 0) is 9.47 Å². The molecule has 0 aromatic heterocycles. The molecule has 4 heteroatoms. The van der Waals surface area contributed by atoms with E-state index in [-0.39, 0.29) is 13.2 Å². The summed E-state index contributed by atoms with van der Waals surface area (Å²) in [7, 11) is 1.21. The molecule has 0 aromatic rings. The molecule has 4 nitrogen and oxygen atoms in total. The molecule has 0 fully saturated rings. The Morgan fingerprint density at radius 1 is 1.60 bits per heavy atom. The fourth-order valence-electron chi connectivity index (χ4n) is 0.261. The lowest BCUT2D eigenvalue weighted by atomic mass is 10.6. The Balaban J connectivity index is 3.27. The minimum Gasteiger partial charge on any atom is -0.438 e. The molecule has 0 aliphatic heterocycles. The molecule has 0 aromatic carbocycles. The molecule has 0 rings (SSSR count). The summed E-state index contributed by atoms with van der Waals surface area (Å²) in [5, 5.41) is 8.14. The van der Waals surface area contributed by atoms with Gasteiger partial charge in [-0.3, -0.25) is 0 Å². The number of rotatable bonds is 1. The maximum atomic E-state index is 10.2. The predicted molar refractivity (Wildman–Crippen MR) is 33.2 cm³/mol. The lowest BCUT2D eigenvalue weighted by Crippen LogP contribution is -2.03. The second-order valence-corrected chi connectivity index (χ2v) is 1.25. The van der Waals surface area contributed by atoms with Crippen LogP contribution in [0.5, 0.6) is 0 Å². The molecule has 0 unspecified atom stereocenters. The second kappa shape index (κ2) is 5.92. The van der Waals surface area contributed by atoms with E-state index in [1.165, 1.54) is 7.11 Å². The molecule has 0 aliphatic carbocycles. The Labute approximate surface area is 58.7 Å². The Morgan fingerprint density at radius 3 is 2.80 bits per heavy atom. The lowest BCUT2D eigenvalue weighted by molar-refractivity contribution is 0.0832. The SMILES string of the molecule is COC(=O)OCC#CCO. The van der Waals surface area contributed by atoms with E-state index >= 15 is 0 Å². The van der Waals surface area contributed by atoms with Gasteiger partial charge < -0.3 is 14.6 Å². The number of carbonyl (C=O) groups is 1. The minimum absolute atomic E-state index is 0.0484. The third kappa shape index (κ3) is 4.94. The van der Waals surface area contributed by atoms with Crippen LogP contribution in [0.15, 0.2) is 0 Å². The van der Waals surface area contributed by atoms with Crippen LogP contribution in [0.2, 0.25) is 0 Å². The first kappa shape index (κ1) is 8.79. The lowest BCUT2D eigenvalue weighted by Gasteiger charge is -1.94. The van der Waals surface area contributed by atoms with E-state index in [2.05, 4.69) is 21.3 Å². The van der Waals surface area contributed by atoms with Gasteiger partial charge in [0.15, 0.2) is 6.61 Å². The van der Waals surface area contributed by atoms with Crippen LogP contribution >= 0.6 is 0 Å². The maximum Gasteiger partial charge on any atom is 0.508 e. The molecule has 0 spiro atoms. The zero-order chi connectivity index (χ0) is 7.82. The van der Waals surface area contributed by atoms with Gasteiger partial charge in [-0.25, -0.2) is 4.79 Å². The molecule has 0 saturated heterocycles. The van der Waals surface area contributed by atoms with Crippen LogP contribution < -0.4 is 0 Å². The number of aliphatic hydroxyl groups is 1. The molecule has 0 bridgehead atoms. The summed E-state index contributed by atoms with van der Waals surface area (Å²) in [5.41, 5.74) is 0. The third-order valence-corrected chi connectivity index (χ3v) is 0.633. The Bertz CT molecular complexity index is 153. The van der Waals surface area contributed by atoms with E-state index in [0.717, 1.165) is 0 Å². The zero-order valence-electron chi connectivity index (χ0n) is 5.59. The van der Waals surface area contributed by atoms with Gasteiger partial charge >= 0.3 is 6.16 Å². The molecule has 1 N–H and O–H groups in total. The quantitative estimate of drug-likeness (QED) is 0.408. The second-order valence-electron chi connectivity index (χ2n) is 1.25.